The van der Waals surface area contributed by atoms with E-state index in [2.05, 4.69) is 36.5 Å². The maximum Gasteiger partial charge on any atom is 0.229 e. The van der Waals surface area contributed by atoms with E-state index in [0.717, 1.165) is 33.8 Å². The molecule has 0 amide bonds. The van der Waals surface area contributed by atoms with E-state index < -0.39 is 0 Å². The van der Waals surface area contributed by atoms with E-state index in [4.69, 9.17) is 10.9 Å². The summed E-state index contributed by atoms with van der Waals surface area (Å²) in [5.74, 6) is 1.27. The first kappa shape index (κ1) is 16.0. The molecule has 0 bridgehead atoms. The Morgan fingerprint density at radius 3 is 2.67 bits per heavy atom. The van der Waals surface area contributed by atoms with Crippen molar-refractivity contribution in [1.82, 2.24) is 9.97 Å². The number of rotatable bonds is 7. The van der Waals surface area contributed by atoms with Crippen LogP contribution in [0.1, 0.15) is 6.42 Å². The number of nitrogens with zero attached hydrogens (tertiary/aromatic N) is 2. The SMILES string of the molecule is NCCCNc1nc(Nc2ccc(SN)cc2)ncc1Br. The molecule has 1 aromatic carbocycles. The highest BCUT2D eigenvalue weighted by molar-refractivity contribution is 9.10. The van der Waals surface area contributed by atoms with Crippen molar-refractivity contribution < 1.29 is 0 Å². The van der Waals surface area contributed by atoms with Crippen LogP contribution in [0.15, 0.2) is 39.8 Å². The van der Waals surface area contributed by atoms with Crippen molar-refractivity contribution >= 4 is 45.3 Å². The van der Waals surface area contributed by atoms with Gasteiger partial charge in [0.05, 0.1) is 4.47 Å². The predicted molar refractivity (Wildman–Crippen MR) is 91.7 cm³/mol. The van der Waals surface area contributed by atoms with Crippen molar-refractivity contribution in [3.63, 3.8) is 0 Å². The molecule has 1 heterocycles. The van der Waals surface area contributed by atoms with E-state index in [9.17, 15) is 0 Å². The molecule has 2 rings (SSSR count). The van der Waals surface area contributed by atoms with Crippen LogP contribution in [-0.2, 0) is 0 Å². The molecule has 2 aromatic rings. The molecular formula is C13H17BrN6S. The molecule has 0 aliphatic carbocycles. The minimum absolute atomic E-state index is 0.529. The number of benzene rings is 1. The largest absolute Gasteiger partial charge is 0.369 e. The summed E-state index contributed by atoms with van der Waals surface area (Å²) >= 11 is 4.64. The van der Waals surface area contributed by atoms with Gasteiger partial charge in [-0.25, -0.2) is 4.98 Å². The molecule has 6 N–H and O–H groups in total. The summed E-state index contributed by atoms with van der Waals surface area (Å²) in [6.07, 6.45) is 2.60. The van der Waals surface area contributed by atoms with Gasteiger partial charge in [-0.2, -0.15) is 4.98 Å². The Morgan fingerprint density at radius 1 is 1.24 bits per heavy atom. The molecule has 0 radical (unpaired) electrons. The molecule has 8 heteroatoms. The van der Waals surface area contributed by atoms with Crippen molar-refractivity contribution in [2.24, 2.45) is 10.9 Å². The fourth-order valence-electron chi connectivity index (χ4n) is 1.61. The number of halogens is 1. The number of aromatic nitrogens is 2. The summed E-state index contributed by atoms with van der Waals surface area (Å²) in [4.78, 5) is 9.67. The Morgan fingerprint density at radius 2 is 2.00 bits per heavy atom. The predicted octanol–water partition coefficient (Wildman–Crippen LogP) is 2.71. The van der Waals surface area contributed by atoms with Gasteiger partial charge in [0, 0.05) is 23.3 Å². The molecule has 0 aliphatic rings. The van der Waals surface area contributed by atoms with E-state index in [1.165, 1.54) is 11.9 Å². The Labute approximate surface area is 136 Å². The molecule has 0 aliphatic heterocycles. The first-order chi connectivity index (χ1) is 10.2. The molecule has 0 unspecified atom stereocenters. The summed E-state index contributed by atoms with van der Waals surface area (Å²) < 4.78 is 0.819. The van der Waals surface area contributed by atoms with Crippen molar-refractivity contribution in [3.8, 4) is 0 Å². The summed E-state index contributed by atoms with van der Waals surface area (Å²) in [6, 6.07) is 7.74. The van der Waals surface area contributed by atoms with Crippen LogP contribution in [0.4, 0.5) is 17.5 Å². The van der Waals surface area contributed by atoms with Gasteiger partial charge in [-0.05, 0) is 65.1 Å². The Kier molecular flexibility index (Phi) is 6.24. The first-order valence-corrected chi connectivity index (χ1v) is 8.10. The third-order valence-corrected chi connectivity index (χ3v) is 3.79. The quantitative estimate of drug-likeness (QED) is 0.440. The maximum atomic E-state index is 5.50. The Bertz CT molecular complexity index is 577. The van der Waals surface area contributed by atoms with E-state index in [1.807, 2.05) is 24.3 Å². The number of anilines is 3. The van der Waals surface area contributed by atoms with Crippen molar-refractivity contribution in [2.75, 3.05) is 23.7 Å². The molecule has 6 nitrogen and oxygen atoms in total. The lowest BCUT2D eigenvalue weighted by Crippen LogP contribution is -2.10. The van der Waals surface area contributed by atoms with Crippen LogP contribution in [0.5, 0.6) is 0 Å². The van der Waals surface area contributed by atoms with Gasteiger partial charge in [0.25, 0.3) is 0 Å². The Hall–Kier alpha value is -1.35. The van der Waals surface area contributed by atoms with Crippen LogP contribution >= 0.6 is 27.9 Å². The Balaban J connectivity index is 2.06. The maximum absolute atomic E-state index is 5.50. The van der Waals surface area contributed by atoms with Crippen LogP contribution in [0.2, 0.25) is 0 Å². The van der Waals surface area contributed by atoms with E-state index in [-0.39, 0.29) is 0 Å². The van der Waals surface area contributed by atoms with Gasteiger partial charge in [0.15, 0.2) is 0 Å². The van der Waals surface area contributed by atoms with E-state index >= 15 is 0 Å². The van der Waals surface area contributed by atoms with Crippen molar-refractivity contribution in [1.29, 1.82) is 0 Å². The second kappa shape index (κ2) is 8.18. The zero-order chi connectivity index (χ0) is 15.1. The summed E-state index contributed by atoms with van der Waals surface area (Å²) in [6.45, 7) is 1.42. The van der Waals surface area contributed by atoms with Crippen LogP contribution < -0.4 is 21.5 Å². The van der Waals surface area contributed by atoms with Gasteiger partial charge in [-0.15, -0.1) is 0 Å². The summed E-state index contributed by atoms with van der Waals surface area (Å²) in [7, 11) is 0. The lowest BCUT2D eigenvalue weighted by molar-refractivity contribution is 0.868. The molecule has 0 spiro atoms. The van der Waals surface area contributed by atoms with Gasteiger partial charge < -0.3 is 16.4 Å². The average molecular weight is 369 g/mol. The summed E-state index contributed by atoms with van der Waals surface area (Å²) in [5.41, 5.74) is 6.38. The zero-order valence-corrected chi connectivity index (χ0v) is 13.7. The molecule has 0 fully saturated rings. The van der Waals surface area contributed by atoms with Gasteiger partial charge in [-0.1, -0.05) is 0 Å². The molecule has 0 saturated heterocycles. The molecule has 112 valence electrons. The minimum Gasteiger partial charge on any atom is -0.369 e. The smallest absolute Gasteiger partial charge is 0.229 e. The second-order valence-corrected chi connectivity index (χ2v) is 5.79. The van der Waals surface area contributed by atoms with Crippen molar-refractivity contribution in [2.45, 2.75) is 11.3 Å². The highest BCUT2D eigenvalue weighted by Crippen LogP contribution is 2.22. The lowest BCUT2D eigenvalue weighted by Gasteiger charge is -2.10. The number of hydrogen-bond donors (Lipinski definition) is 4. The van der Waals surface area contributed by atoms with Gasteiger partial charge in [0.1, 0.15) is 5.82 Å². The van der Waals surface area contributed by atoms with Crippen molar-refractivity contribution in [3.05, 3.63) is 34.9 Å². The van der Waals surface area contributed by atoms with E-state index in [1.54, 1.807) is 6.20 Å². The fraction of sp³-hybridized carbons (Fsp3) is 0.231. The molecule has 0 saturated carbocycles. The lowest BCUT2D eigenvalue weighted by atomic mass is 10.3. The fourth-order valence-corrected chi connectivity index (χ4v) is 2.23. The number of hydrogen-bond acceptors (Lipinski definition) is 7. The summed E-state index contributed by atoms with van der Waals surface area (Å²) in [5, 5.41) is 11.9. The molecular weight excluding hydrogens is 352 g/mol. The second-order valence-electron chi connectivity index (χ2n) is 4.23. The highest BCUT2D eigenvalue weighted by atomic mass is 79.9. The van der Waals surface area contributed by atoms with Gasteiger partial charge in [0.2, 0.25) is 5.95 Å². The van der Waals surface area contributed by atoms with Gasteiger partial charge in [-0.3, -0.25) is 5.14 Å². The zero-order valence-electron chi connectivity index (χ0n) is 11.3. The molecule has 1 aromatic heterocycles. The topological polar surface area (TPSA) is 102 Å². The first-order valence-electron chi connectivity index (χ1n) is 6.43. The normalized spacial score (nSPS) is 10.4. The van der Waals surface area contributed by atoms with Gasteiger partial charge >= 0.3 is 0 Å². The minimum atomic E-state index is 0.529. The third-order valence-electron chi connectivity index (χ3n) is 2.66. The number of nitrogens with one attached hydrogen (secondary N) is 2. The van der Waals surface area contributed by atoms with Crippen LogP contribution in [0, 0.1) is 0 Å². The highest BCUT2D eigenvalue weighted by Gasteiger charge is 2.05. The standard InChI is InChI=1S/C13H17BrN6S/c14-11-8-18-13(20-12(11)17-7-1-6-15)19-9-2-4-10(21-16)5-3-9/h2-5,8H,1,6-7,15-16H2,(H2,17,18,19,20). The average Bonchev–Trinajstić information content (AvgIpc) is 2.51. The van der Waals surface area contributed by atoms with Crippen LogP contribution in [0.3, 0.4) is 0 Å². The third kappa shape index (κ3) is 4.85. The van der Waals surface area contributed by atoms with Crippen LogP contribution in [0.25, 0.3) is 0 Å². The molecule has 0 atom stereocenters. The van der Waals surface area contributed by atoms with Crippen LogP contribution in [-0.4, -0.2) is 23.1 Å². The van der Waals surface area contributed by atoms with E-state index in [0.29, 0.717) is 12.5 Å². The number of nitrogens with two attached hydrogens (primary N) is 2. The monoisotopic (exact) mass is 368 g/mol. The molecule has 21 heavy (non-hydrogen) atoms.